The fraction of sp³-hybridized carbons (Fsp3) is 0.488. The van der Waals surface area contributed by atoms with Gasteiger partial charge in [-0.05, 0) is 107 Å². The van der Waals surface area contributed by atoms with Crippen molar-refractivity contribution in [3.05, 3.63) is 95.3 Å². The Kier molecular flexibility index (Phi) is 10.5. The summed E-state index contributed by atoms with van der Waals surface area (Å²) in [5, 5.41) is 20.5. The van der Waals surface area contributed by atoms with Crippen molar-refractivity contribution in [2.75, 3.05) is 50.0 Å². The van der Waals surface area contributed by atoms with E-state index in [1.165, 1.54) is 18.4 Å². The average molecular weight is 745 g/mol. The molecular formula is C43H56N10O2. The number of nitrogens with one attached hydrogen (secondary N) is 2. The molecule has 1 unspecified atom stereocenters. The van der Waals surface area contributed by atoms with E-state index in [4.69, 9.17) is 9.84 Å². The van der Waals surface area contributed by atoms with Gasteiger partial charge in [0, 0.05) is 43.7 Å². The number of carbonyl (C=O) groups is 1. The summed E-state index contributed by atoms with van der Waals surface area (Å²) in [6.07, 6.45) is 8.10. The molecule has 0 radical (unpaired) electrons. The van der Waals surface area contributed by atoms with Gasteiger partial charge in [0.05, 0.1) is 23.6 Å². The Labute approximate surface area is 324 Å². The van der Waals surface area contributed by atoms with E-state index in [0.29, 0.717) is 11.9 Å². The van der Waals surface area contributed by atoms with Crippen LogP contribution in [0.5, 0.6) is 5.75 Å². The second kappa shape index (κ2) is 15.7. The van der Waals surface area contributed by atoms with E-state index < -0.39 is 0 Å². The summed E-state index contributed by atoms with van der Waals surface area (Å²) >= 11 is 0. The highest BCUT2D eigenvalue weighted by atomic mass is 16.5. The fourth-order valence-corrected chi connectivity index (χ4v) is 8.35. The molecule has 0 spiro atoms. The highest BCUT2D eigenvalue weighted by molar-refractivity contribution is 5.89. The maximum atomic E-state index is 13.9. The number of ether oxygens (including phenoxy) is 1. The zero-order valence-corrected chi connectivity index (χ0v) is 33.0. The number of fused-ring (bicyclic) bond motifs is 2. The van der Waals surface area contributed by atoms with Gasteiger partial charge in [-0.3, -0.25) is 14.6 Å². The summed E-state index contributed by atoms with van der Waals surface area (Å²) in [6, 6.07) is 22.8. The first-order chi connectivity index (χ1) is 26.6. The van der Waals surface area contributed by atoms with E-state index in [0.717, 1.165) is 105 Å². The standard InChI is InChI=1S/C43H56N10O2/c1-30-12-8-9-23-51(30)42-47-46-39-20-17-33(29-52(39)42)55-37-19-18-36(34-15-6-7-16-35(34)37)44-41(54)45-40-27-38(43(2,3)4)48-53(40)32-14-10-13-31(26-32)28-50-22-11-21-49(5)24-25-50/h6-7,10,13-17,20,26-27,29-30,36-37H,8-9,11-12,18-19,21-25,28H2,1-5H3,(H2,44,45,54)/t30?,36-,37+/m0/s1. The number of aromatic nitrogens is 5. The minimum Gasteiger partial charge on any atom is -0.484 e. The minimum atomic E-state index is -0.261. The number of piperidine rings is 1. The molecule has 2 fully saturated rings. The monoisotopic (exact) mass is 744 g/mol. The number of likely N-dealkylation sites (N-methyl/N-ethyl adjacent to an activating group) is 1. The van der Waals surface area contributed by atoms with Gasteiger partial charge in [0.15, 0.2) is 5.65 Å². The molecule has 0 saturated carbocycles. The molecule has 2 N–H and O–H groups in total. The van der Waals surface area contributed by atoms with Gasteiger partial charge in [-0.1, -0.05) is 57.2 Å². The Hall–Kier alpha value is -4.94. The number of hydrogen-bond donors (Lipinski definition) is 2. The summed E-state index contributed by atoms with van der Waals surface area (Å²) in [6.45, 7) is 14.9. The second-order valence-electron chi connectivity index (χ2n) is 16.8. The van der Waals surface area contributed by atoms with Crippen LogP contribution >= 0.6 is 0 Å². The smallest absolute Gasteiger partial charge is 0.320 e. The molecule has 12 nitrogen and oxygen atoms in total. The van der Waals surface area contributed by atoms with Crippen molar-refractivity contribution in [1.29, 1.82) is 0 Å². The van der Waals surface area contributed by atoms with Gasteiger partial charge in [-0.25, -0.2) is 9.48 Å². The largest absolute Gasteiger partial charge is 0.484 e. The van der Waals surface area contributed by atoms with Crippen molar-refractivity contribution in [2.24, 2.45) is 0 Å². The van der Waals surface area contributed by atoms with Gasteiger partial charge in [0.2, 0.25) is 5.95 Å². The lowest BCUT2D eigenvalue weighted by molar-refractivity contribution is 0.171. The fourth-order valence-electron chi connectivity index (χ4n) is 8.35. The summed E-state index contributed by atoms with van der Waals surface area (Å²) in [4.78, 5) is 21.1. The highest BCUT2D eigenvalue weighted by Gasteiger charge is 2.31. The van der Waals surface area contributed by atoms with Crippen LogP contribution in [0, 0.1) is 0 Å². The molecule has 5 aromatic rings. The van der Waals surface area contributed by atoms with Gasteiger partial charge in [0.1, 0.15) is 17.7 Å². The first kappa shape index (κ1) is 37.0. The molecule has 3 atom stereocenters. The van der Waals surface area contributed by atoms with E-state index in [1.54, 1.807) is 0 Å². The lowest BCUT2D eigenvalue weighted by atomic mass is 9.85. The lowest BCUT2D eigenvalue weighted by Crippen LogP contribution is -2.38. The first-order valence-electron chi connectivity index (χ1n) is 20.1. The molecule has 2 amide bonds. The highest BCUT2D eigenvalue weighted by Crippen LogP contribution is 2.39. The Morgan fingerprint density at radius 3 is 2.56 bits per heavy atom. The Morgan fingerprint density at radius 2 is 1.73 bits per heavy atom. The van der Waals surface area contributed by atoms with Crippen LogP contribution in [0.3, 0.4) is 0 Å². The van der Waals surface area contributed by atoms with E-state index >= 15 is 0 Å². The molecule has 2 aliphatic heterocycles. The summed E-state index contributed by atoms with van der Waals surface area (Å²) < 4.78 is 10.6. The van der Waals surface area contributed by atoms with Crippen LogP contribution < -0.4 is 20.3 Å². The van der Waals surface area contributed by atoms with Crippen molar-refractivity contribution < 1.29 is 9.53 Å². The third-order valence-electron chi connectivity index (χ3n) is 11.5. The molecule has 8 rings (SSSR count). The number of pyridine rings is 1. The Morgan fingerprint density at radius 1 is 0.873 bits per heavy atom. The quantitative estimate of drug-likeness (QED) is 0.168. The lowest BCUT2D eigenvalue weighted by Gasteiger charge is -2.33. The molecule has 0 bridgehead atoms. The van der Waals surface area contributed by atoms with Crippen molar-refractivity contribution >= 4 is 23.4 Å². The maximum absolute atomic E-state index is 13.9. The van der Waals surface area contributed by atoms with Crippen LogP contribution in [0.1, 0.15) is 101 Å². The molecule has 2 aromatic carbocycles. The molecule has 1 aliphatic carbocycles. The van der Waals surface area contributed by atoms with E-state index in [1.807, 2.05) is 41.2 Å². The van der Waals surface area contributed by atoms with Gasteiger partial charge in [-0.15, -0.1) is 10.2 Å². The molecule has 5 heterocycles. The van der Waals surface area contributed by atoms with Crippen LogP contribution in [0.4, 0.5) is 16.6 Å². The first-order valence-corrected chi connectivity index (χ1v) is 20.1. The molecule has 3 aliphatic rings. The van der Waals surface area contributed by atoms with E-state index in [2.05, 4.69) is 111 Å². The number of benzene rings is 2. The third kappa shape index (κ3) is 8.21. The van der Waals surface area contributed by atoms with Crippen LogP contribution in [-0.2, 0) is 12.0 Å². The van der Waals surface area contributed by atoms with Crippen LogP contribution in [0.15, 0.2) is 72.9 Å². The second-order valence-corrected chi connectivity index (χ2v) is 16.8. The number of nitrogens with zero attached hydrogens (tertiary/aromatic N) is 8. The summed E-state index contributed by atoms with van der Waals surface area (Å²) in [5.74, 6) is 2.29. The van der Waals surface area contributed by atoms with Gasteiger partial charge in [-0.2, -0.15) is 5.10 Å². The summed E-state index contributed by atoms with van der Waals surface area (Å²) in [7, 11) is 2.20. The average Bonchev–Trinajstić information content (AvgIpc) is 3.73. The third-order valence-corrected chi connectivity index (χ3v) is 11.5. The Balaban J connectivity index is 0.980. The number of carbonyl (C=O) groups excluding carboxylic acids is 1. The minimum absolute atomic E-state index is 0.151. The van der Waals surface area contributed by atoms with Crippen LogP contribution in [-0.4, -0.2) is 86.0 Å². The number of urea groups is 1. The predicted octanol–water partition coefficient (Wildman–Crippen LogP) is 7.51. The van der Waals surface area contributed by atoms with Gasteiger partial charge < -0.3 is 19.9 Å². The molecular weight excluding hydrogens is 689 g/mol. The van der Waals surface area contributed by atoms with Crippen molar-refractivity contribution in [3.63, 3.8) is 0 Å². The molecule has 290 valence electrons. The van der Waals surface area contributed by atoms with Crippen molar-refractivity contribution in [1.82, 2.24) is 39.5 Å². The van der Waals surface area contributed by atoms with Crippen LogP contribution in [0.25, 0.3) is 11.3 Å². The van der Waals surface area contributed by atoms with Crippen molar-refractivity contribution in [3.8, 4) is 11.4 Å². The maximum Gasteiger partial charge on any atom is 0.320 e. The molecule has 3 aromatic heterocycles. The Bertz CT molecular complexity index is 2120. The number of amides is 2. The molecule has 12 heteroatoms. The molecule has 2 saturated heterocycles. The van der Waals surface area contributed by atoms with E-state index in [9.17, 15) is 4.79 Å². The number of hydrogen-bond acceptors (Lipinski definition) is 8. The zero-order valence-electron chi connectivity index (χ0n) is 33.0. The number of anilines is 2. The summed E-state index contributed by atoms with van der Waals surface area (Å²) in [5.41, 5.74) is 5.84. The normalized spacial score (nSPS) is 21.3. The van der Waals surface area contributed by atoms with E-state index in [-0.39, 0.29) is 23.6 Å². The number of rotatable bonds is 8. The zero-order chi connectivity index (χ0) is 38.1. The topological polar surface area (TPSA) is 108 Å². The van der Waals surface area contributed by atoms with Crippen molar-refractivity contribution in [2.45, 2.75) is 96.4 Å². The SMILES string of the molecule is CC1CCCCN1c1nnc2ccc(O[C@@H]3CC[C@H](NC(=O)Nc4cc(C(C)(C)C)nn4-c4cccc(CN5CCCN(C)CC5)c4)c4ccccc43)cn12. The molecule has 55 heavy (non-hydrogen) atoms. The van der Waals surface area contributed by atoms with Gasteiger partial charge >= 0.3 is 6.03 Å². The van der Waals surface area contributed by atoms with Crippen LogP contribution in [0.2, 0.25) is 0 Å². The predicted molar refractivity (Wildman–Crippen MR) is 217 cm³/mol. The van der Waals surface area contributed by atoms with Gasteiger partial charge in [0.25, 0.3) is 0 Å².